The fourth-order valence-electron chi connectivity index (χ4n) is 1.21. The lowest BCUT2D eigenvalue weighted by Gasteiger charge is -2.04. The number of nitrogens with one attached hydrogen (secondary N) is 1. The van der Waals surface area contributed by atoms with Gasteiger partial charge in [-0.1, -0.05) is 0 Å². The van der Waals surface area contributed by atoms with Crippen LogP contribution in [0.1, 0.15) is 39.0 Å². The van der Waals surface area contributed by atoms with Gasteiger partial charge in [0.1, 0.15) is 0 Å². The molecule has 3 N–H and O–H groups in total. The van der Waals surface area contributed by atoms with E-state index in [0.29, 0.717) is 39.0 Å². The molecule has 0 atom stereocenters. The topological polar surface area (TPSA) is 81.4 Å². The van der Waals surface area contributed by atoms with Crippen LogP contribution in [0.5, 0.6) is 0 Å². The third kappa shape index (κ3) is 9.45. The summed E-state index contributed by atoms with van der Waals surface area (Å²) in [5.41, 5.74) is 5.32. The van der Waals surface area contributed by atoms with Gasteiger partial charge in [0.15, 0.2) is 0 Å². The first-order valence-electron chi connectivity index (χ1n) is 5.83. The van der Waals surface area contributed by atoms with Gasteiger partial charge < -0.3 is 15.8 Å². The van der Waals surface area contributed by atoms with E-state index in [1.54, 1.807) is 6.92 Å². The van der Waals surface area contributed by atoms with Crippen LogP contribution in [0.15, 0.2) is 0 Å². The zero-order valence-corrected chi connectivity index (χ0v) is 9.96. The number of ether oxygens (including phenoxy) is 1. The fraction of sp³-hybridized carbons (Fsp3) is 0.818. The highest BCUT2D eigenvalue weighted by molar-refractivity contribution is 5.75. The van der Waals surface area contributed by atoms with Crippen LogP contribution in [0, 0.1) is 0 Å². The molecule has 0 bridgehead atoms. The van der Waals surface area contributed by atoms with Crippen LogP contribution in [0.25, 0.3) is 0 Å². The summed E-state index contributed by atoms with van der Waals surface area (Å²) in [4.78, 5) is 22.2. The number of esters is 1. The van der Waals surface area contributed by atoms with Crippen molar-refractivity contribution in [1.82, 2.24) is 5.32 Å². The van der Waals surface area contributed by atoms with Gasteiger partial charge in [-0.3, -0.25) is 9.59 Å². The van der Waals surface area contributed by atoms with Crippen LogP contribution in [0.3, 0.4) is 0 Å². The van der Waals surface area contributed by atoms with E-state index in [1.165, 1.54) is 0 Å². The third-order valence-electron chi connectivity index (χ3n) is 2.04. The highest BCUT2D eigenvalue weighted by Crippen LogP contribution is 1.95. The minimum atomic E-state index is -0.208. The van der Waals surface area contributed by atoms with E-state index in [9.17, 15) is 9.59 Å². The largest absolute Gasteiger partial charge is 0.466 e. The minimum absolute atomic E-state index is 0.0253. The molecule has 0 aliphatic carbocycles. The van der Waals surface area contributed by atoms with Crippen molar-refractivity contribution in [1.29, 1.82) is 0 Å². The molecule has 0 aromatic carbocycles. The van der Waals surface area contributed by atoms with Crippen LogP contribution < -0.4 is 11.1 Å². The van der Waals surface area contributed by atoms with Crippen molar-refractivity contribution in [2.45, 2.75) is 39.0 Å². The van der Waals surface area contributed by atoms with E-state index in [-0.39, 0.29) is 11.9 Å². The summed E-state index contributed by atoms with van der Waals surface area (Å²) in [6, 6.07) is 0. The fourth-order valence-corrected chi connectivity index (χ4v) is 1.21. The highest BCUT2D eigenvalue weighted by atomic mass is 16.5. The molecule has 0 fully saturated rings. The first-order chi connectivity index (χ1) is 7.70. The smallest absolute Gasteiger partial charge is 0.305 e. The van der Waals surface area contributed by atoms with E-state index in [4.69, 9.17) is 10.5 Å². The highest BCUT2D eigenvalue weighted by Gasteiger charge is 2.03. The van der Waals surface area contributed by atoms with E-state index < -0.39 is 0 Å². The van der Waals surface area contributed by atoms with Gasteiger partial charge in [-0.05, 0) is 32.7 Å². The number of hydrogen-bond donors (Lipinski definition) is 2. The number of unbranched alkanes of at least 4 members (excludes halogenated alkanes) is 1. The van der Waals surface area contributed by atoms with Gasteiger partial charge in [-0.15, -0.1) is 0 Å². The predicted molar refractivity (Wildman–Crippen MR) is 61.8 cm³/mol. The number of amides is 1. The van der Waals surface area contributed by atoms with Crippen LogP contribution in [0.2, 0.25) is 0 Å². The van der Waals surface area contributed by atoms with Gasteiger partial charge in [-0.2, -0.15) is 0 Å². The van der Waals surface area contributed by atoms with E-state index in [1.807, 2.05) is 0 Å². The first-order valence-corrected chi connectivity index (χ1v) is 5.83. The van der Waals surface area contributed by atoms with Gasteiger partial charge in [0.25, 0.3) is 0 Å². The molecule has 0 aliphatic heterocycles. The number of carbonyl (C=O) groups excluding carboxylic acids is 2. The van der Waals surface area contributed by atoms with Crippen molar-refractivity contribution in [2.75, 3.05) is 19.7 Å². The number of rotatable bonds is 9. The van der Waals surface area contributed by atoms with Gasteiger partial charge >= 0.3 is 5.97 Å². The van der Waals surface area contributed by atoms with Crippen molar-refractivity contribution in [2.24, 2.45) is 5.73 Å². The molecule has 0 aromatic heterocycles. The molecule has 0 saturated carbocycles. The molecule has 5 nitrogen and oxygen atoms in total. The second kappa shape index (κ2) is 10.4. The van der Waals surface area contributed by atoms with Crippen molar-refractivity contribution in [3.8, 4) is 0 Å². The number of nitrogens with two attached hydrogens (primary N) is 1. The lowest BCUT2D eigenvalue weighted by atomic mass is 10.2. The van der Waals surface area contributed by atoms with Crippen molar-refractivity contribution >= 4 is 11.9 Å². The quantitative estimate of drug-likeness (QED) is 0.448. The molecule has 0 spiro atoms. The summed E-state index contributed by atoms with van der Waals surface area (Å²) in [6.45, 7) is 3.33. The summed E-state index contributed by atoms with van der Waals surface area (Å²) in [7, 11) is 0. The Hall–Kier alpha value is -1.10. The molecule has 0 radical (unpaired) electrons. The molecule has 0 unspecified atom stereocenters. The van der Waals surface area contributed by atoms with Crippen molar-refractivity contribution in [3.63, 3.8) is 0 Å². The zero-order valence-electron chi connectivity index (χ0n) is 9.96. The van der Waals surface area contributed by atoms with Crippen LogP contribution >= 0.6 is 0 Å². The van der Waals surface area contributed by atoms with Crippen LogP contribution in [-0.2, 0) is 14.3 Å². The SMILES string of the molecule is CCOC(=O)CCCNC(=O)CCCCN. The normalized spacial score (nSPS) is 9.88. The Bertz CT molecular complexity index is 207. The van der Waals surface area contributed by atoms with E-state index >= 15 is 0 Å². The van der Waals surface area contributed by atoms with E-state index in [0.717, 1.165) is 12.8 Å². The lowest BCUT2D eigenvalue weighted by molar-refractivity contribution is -0.143. The van der Waals surface area contributed by atoms with E-state index in [2.05, 4.69) is 5.32 Å². The summed E-state index contributed by atoms with van der Waals surface area (Å²) >= 11 is 0. The number of hydrogen-bond acceptors (Lipinski definition) is 4. The maximum absolute atomic E-state index is 11.2. The Labute approximate surface area is 96.7 Å². The van der Waals surface area contributed by atoms with Crippen molar-refractivity contribution in [3.05, 3.63) is 0 Å². The Balaban J connectivity index is 3.30. The Kier molecular flexibility index (Phi) is 9.70. The first kappa shape index (κ1) is 14.9. The van der Waals surface area contributed by atoms with Gasteiger partial charge in [0.05, 0.1) is 6.61 Å². The average molecular weight is 230 g/mol. The Morgan fingerprint density at radius 1 is 1.19 bits per heavy atom. The molecule has 5 heteroatoms. The zero-order chi connectivity index (χ0) is 12.2. The minimum Gasteiger partial charge on any atom is -0.466 e. The number of carbonyl (C=O) groups is 2. The maximum atomic E-state index is 11.2. The summed E-state index contributed by atoms with van der Waals surface area (Å²) in [5, 5.41) is 2.75. The molecular formula is C11H22N2O3. The molecule has 94 valence electrons. The second-order valence-corrected chi connectivity index (χ2v) is 3.50. The van der Waals surface area contributed by atoms with Gasteiger partial charge in [0.2, 0.25) is 5.91 Å². The summed E-state index contributed by atoms with van der Waals surface area (Å²) < 4.78 is 4.76. The van der Waals surface area contributed by atoms with Gasteiger partial charge in [-0.25, -0.2) is 0 Å². The summed E-state index contributed by atoms with van der Waals surface area (Å²) in [6.07, 6.45) is 3.19. The third-order valence-corrected chi connectivity index (χ3v) is 2.04. The standard InChI is InChI=1S/C11H22N2O3/c1-2-16-11(15)7-5-9-13-10(14)6-3-4-8-12/h2-9,12H2,1H3,(H,13,14). The Morgan fingerprint density at radius 3 is 2.56 bits per heavy atom. The second-order valence-electron chi connectivity index (χ2n) is 3.50. The molecule has 1 amide bonds. The van der Waals surface area contributed by atoms with Crippen molar-refractivity contribution < 1.29 is 14.3 Å². The molecular weight excluding hydrogens is 208 g/mol. The molecule has 0 aliphatic rings. The lowest BCUT2D eigenvalue weighted by Crippen LogP contribution is -2.24. The molecule has 0 heterocycles. The Morgan fingerprint density at radius 2 is 1.94 bits per heavy atom. The molecule has 0 saturated heterocycles. The predicted octanol–water partition coefficient (Wildman–Crippen LogP) is 0.575. The maximum Gasteiger partial charge on any atom is 0.305 e. The van der Waals surface area contributed by atoms with Crippen LogP contribution in [0.4, 0.5) is 0 Å². The van der Waals surface area contributed by atoms with Gasteiger partial charge in [0, 0.05) is 19.4 Å². The molecule has 0 rings (SSSR count). The average Bonchev–Trinajstić information content (AvgIpc) is 2.25. The molecule has 0 aromatic rings. The summed E-state index contributed by atoms with van der Waals surface area (Å²) in [5.74, 6) is -0.183. The monoisotopic (exact) mass is 230 g/mol. The van der Waals surface area contributed by atoms with Crippen LogP contribution in [-0.4, -0.2) is 31.6 Å². The molecule has 16 heavy (non-hydrogen) atoms.